The standard InChI is InChI=1S/C24H29N3O5/c1-15(2)16-6-8-17(9-7-16)25-21(28)13-27-19-12-18(26-23(30)32-24(3,4)5)10-11-20(19)31-14-22(27)29/h6-12,15H,13-14H2,1-5H3,(H,25,28)(H,26,30). The Morgan fingerprint density at radius 1 is 1.06 bits per heavy atom. The van der Waals surface area contributed by atoms with E-state index in [-0.39, 0.29) is 25.0 Å². The summed E-state index contributed by atoms with van der Waals surface area (Å²) in [5.41, 5.74) is 2.01. The first-order valence-electron chi connectivity index (χ1n) is 10.5. The number of fused-ring (bicyclic) bond motifs is 1. The van der Waals surface area contributed by atoms with Crippen LogP contribution in [0, 0.1) is 0 Å². The molecule has 0 saturated carbocycles. The van der Waals surface area contributed by atoms with Crippen molar-refractivity contribution in [1.82, 2.24) is 0 Å². The SMILES string of the molecule is CC(C)c1ccc(NC(=O)CN2C(=O)COc3ccc(NC(=O)OC(C)(C)C)cc32)cc1. The van der Waals surface area contributed by atoms with E-state index in [0.717, 1.165) is 0 Å². The van der Waals surface area contributed by atoms with Crippen molar-refractivity contribution in [2.45, 2.75) is 46.1 Å². The monoisotopic (exact) mass is 439 g/mol. The minimum absolute atomic E-state index is 0.164. The Labute approximate surface area is 187 Å². The molecule has 8 heteroatoms. The van der Waals surface area contributed by atoms with Crippen LogP contribution in [0.3, 0.4) is 0 Å². The molecule has 3 amide bonds. The molecule has 1 aliphatic rings. The van der Waals surface area contributed by atoms with E-state index >= 15 is 0 Å². The number of ether oxygens (including phenoxy) is 2. The normalized spacial score (nSPS) is 13.3. The van der Waals surface area contributed by atoms with E-state index in [0.29, 0.717) is 28.7 Å². The Kier molecular flexibility index (Phi) is 6.72. The predicted octanol–water partition coefficient (Wildman–Crippen LogP) is 4.52. The molecule has 0 saturated heterocycles. The van der Waals surface area contributed by atoms with Crippen LogP contribution in [-0.4, -0.2) is 36.7 Å². The Bertz CT molecular complexity index is 1010. The van der Waals surface area contributed by atoms with Gasteiger partial charge < -0.3 is 14.8 Å². The van der Waals surface area contributed by atoms with E-state index in [1.54, 1.807) is 39.0 Å². The summed E-state index contributed by atoms with van der Waals surface area (Å²) in [6, 6.07) is 12.5. The summed E-state index contributed by atoms with van der Waals surface area (Å²) in [5.74, 6) is 0.158. The minimum atomic E-state index is -0.644. The number of benzene rings is 2. The Morgan fingerprint density at radius 3 is 2.34 bits per heavy atom. The molecule has 0 radical (unpaired) electrons. The lowest BCUT2D eigenvalue weighted by Gasteiger charge is -2.29. The van der Waals surface area contributed by atoms with Crippen LogP contribution in [0.4, 0.5) is 21.9 Å². The molecule has 8 nitrogen and oxygen atoms in total. The lowest BCUT2D eigenvalue weighted by atomic mass is 10.0. The van der Waals surface area contributed by atoms with E-state index in [9.17, 15) is 14.4 Å². The van der Waals surface area contributed by atoms with Gasteiger partial charge in [0, 0.05) is 11.4 Å². The predicted molar refractivity (Wildman–Crippen MR) is 123 cm³/mol. The van der Waals surface area contributed by atoms with Crippen molar-refractivity contribution in [3.05, 3.63) is 48.0 Å². The average molecular weight is 440 g/mol. The second-order valence-corrected chi connectivity index (χ2v) is 8.90. The maximum Gasteiger partial charge on any atom is 0.412 e. The number of amides is 3. The fourth-order valence-electron chi connectivity index (χ4n) is 3.17. The van der Waals surface area contributed by atoms with E-state index in [1.807, 2.05) is 24.3 Å². The number of nitrogens with one attached hydrogen (secondary N) is 2. The van der Waals surface area contributed by atoms with Crippen LogP contribution in [0.5, 0.6) is 5.75 Å². The Balaban J connectivity index is 1.72. The summed E-state index contributed by atoms with van der Waals surface area (Å²) in [7, 11) is 0. The zero-order valence-corrected chi connectivity index (χ0v) is 19.0. The molecule has 170 valence electrons. The summed E-state index contributed by atoms with van der Waals surface area (Å²) in [6.45, 7) is 9.15. The molecule has 1 heterocycles. The Hall–Kier alpha value is -3.55. The highest BCUT2D eigenvalue weighted by Crippen LogP contribution is 2.34. The second-order valence-electron chi connectivity index (χ2n) is 8.90. The van der Waals surface area contributed by atoms with Gasteiger partial charge in [0.25, 0.3) is 5.91 Å². The molecule has 0 unspecified atom stereocenters. The van der Waals surface area contributed by atoms with Crippen molar-refractivity contribution in [3.63, 3.8) is 0 Å². The lowest BCUT2D eigenvalue weighted by Crippen LogP contribution is -2.43. The van der Waals surface area contributed by atoms with Gasteiger partial charge in [-0.3, -0.25) is 19.8 Å². The second kappa shape index (κ2) is 9.30. The van der Waals surface area contributed by atoms with Crippen LogP contribution in [0.25, 0.3) is 0 Å². The maximum atomic E-state index is 12.6. The highest BCUT2D eigenvalue weighted by molar-refractivity contribution is 6.05. The molecular weight excluding hydrogens is 410 g/mol. The Morgan fingerprint density at radius 2 is 1.72 bits per heavy atom. The number of hydrogen-bond donors (Lipinski definition) is 2. The van der Waals surface area contributed by atoms with Gasteiger partial charge in [0.15, 0.2) is 6.61 Å². The zero-order valence-electron chi connectivity index (χ0n) is 19.0. The van der Waals surface area contributed by atoms with Crippen LogP contribution in [0.1, 0.15) is 46.1 Å². The first-order chi connectivity index (χ1) is 15.0. The first-order valence-corrected chi connectivity index (χ1v) is 10.5. The van der Waals surface area contributed by atoms with Gasteiger partial charge in [0.1, 0.15) is 17.9 Å². The van der Waals surface area contributed by atoms with Gasteiger partial charge in [-0.05, 0) is 62.6 Å². The summed E-state index contributed by atoms with van der Waals surface area (Å²) >= 11 is 0. The quantitative estimate of drug-likeness (QED) is 0.714. The van der Waals surface area contributed by atoms with Crippen molar-refractivity contribution < 1.29 is 23.9 Å². The minimum Gasteiger partial charge on any atom is -0.482 e. The molecule has 0 spiro atoms. The molecule has 1 aliphatic heterocycles. The maximum absolute atomic E-state index is 12.6. The average Bonchev–Trinajstić information content (AvgIpc) is 2.69. The van der Waals surface area contributed by atoms with Crippen LogP contribution in [-0.2, 0) is 14.3 Å². The largest absolute Gasteiger partial charge is 0.482 e. The molecule has 3 rings (SSSR count). The summed E-state index contributed by atoms with van der Waals surface area (Å²) in [6.07, 6.45) is -0.616. The summed E-state index contributed by atoms with van der Waals surface area (Å²) < 4.78 is 10.7. The van der Waals surface area contributed by atoms with Crippen LogP contribution >= 0.6 is 0 Å². The van der Waals surface area contributed by atoms with Crippen molar-refractivity contribution >= 4 is 35.0 Å². The molecular formula is C24H29N3O5. The van der Waals surface area contributed by atoms with E-state index < -0.39 is 11.7 Å². The van der Waals surface area contributed by atoms with Gasteiger partial charge in [-0.15, -0.1) is 0 Å². The van der Waals surface area contributed by atoms with Gasteiger partial charge in [-0.25, -0.2) is 4.79 Å². The van der Waals surface area contributed by atoms with Gasteiger partial charge in [-0.1, -0.05) is 26.0 Å². The molecule has 0 bridgehead atoms. The van der Waals surface area contributed by atoms with Gasteiger partial charge in [0.2, 0.25) is 5.91 Å². The number of carbonyl (C=O) groups is 3. The molecule has 0 fully saturated rings. The number of carbonyl (C=O) groups excluding carboxylic acids is 3. The number of hydrogen-bond acceptors (Lipinski definition) is 5. The van der Waals surface area contributed by atoms with E-state index in [4.69, 9.17) is 9.47 Å². The molecule has 0 atom stereocenters. The van der Waals surface area contributed by atoms with Crippen molar-refractivity contribution in [3.8, 4) is 5.75 Å². The molecule has 2 aromatic rings. The van der Waals surface area contributed by atoms with E-state index in [1.165, 1.54) is 10.5 Å². The van der Waals surface area contributed by atoms with Crippen LogP contribution in [0.2, 0.25) is 0 Å². The lowest BCUT2D eigenvalue weighted by molar-refractivity contribution is -0.123. The fourth-order valence-corrected chi connectivity index (χ4v) is 3.17. The molecule has 0 aliphatic carbocycles. The van der Waals surface area contributed by atoms with Gasteiger partial charge in [-0.2, -0.15) is 0 Å². The smallest absolute Gasteiger partial charge is 0.412 e. The summed E-state index contributed by atoms with van der Waals surface area (Å²) in [5, 5.41) is 5.45. The van der Waals surface area contributed by atoms with Gasteiger partial charge >= 0.3 is 6.09 Å². The van der Waals surface area contributed by atoms with Crippen molar-refractivity contribution in [1.29, 1.82) is 0 Å². The zero-order chi connectivity index (χ0) is 23.5. The topological polar surface area (TPSA) is 97.0 Å². The van der Waals surface area contributed by atoms with Crippen molar-refractivity contribution in [2.24, 2.45) is 0 Å². The highest BCUT2D eigenvalue weighted by atomic mass is 16.6. The number of rotatable bonds is 5. The fraction of sp³-hybridized carbons (Fsp3) is 0.375. The molecule has 0 aromatic heterocycles. The van der Waals surface area contributed by atoms with Crippen molar-refractivity contribution in [2.75, 3.05) is 28.7 Å². The summed E-state index contributed by atoms with van der Waals surface area (Å²) in [4.78, 5) is 38.6. The molecule has 2 N–H and O–H groups in total. The first kappa shape index (κ1) is 23.1. The third-order valence-corrected chi connectivity index (χ3v) is 4.71. The van der Waals surface area contributed by atoms with Crippen LogP contribution < -0.4 is 20.3 Å². The van der Waals surface area contributed by atoms with Crippen LogP contribution in [0.15, 0.2) is 42.5 Å². The molecule has 32 heavy (non-hydrogen) atoms. The number of nitrogens with zero attached hydrogens (tertiary/aromatic N) is 1. The van der Waals surface area contributed by atoms with E-state index in [2.05, 4.69) is 24.5 Å². The highest BCUT2D eigenvalue weighted by Gasteiger charge is 2.28. The van der Waals surface area contributed by atoms with Gasteiger partial charge in [0.05, 0.1) is 5.69 Å². The number of anilines is 3. The third kappa shape index (κ3) is 6.00. The molecule has 2 aromatic carbocycles. The third-order valence-electron chi connectivity index (χ3n) is 4.71.